The van der Waals surface area contributed by atoms with Crippen LogP contribution in [0.1, 0.15) is 69.4 Å². The van der Waals surface area contributed by atoms with Crippen molar-refractivity contribution in [3.63, 3.8) is 0 Å². The monoisotopic (exact) mass is 754 g/mol. The summed E-state index contributed by atoms with van der Waals surface area (Å²) >= 11 is 0. The van der Waals surface area contributed by atoms with Gasteiger partial charge < -0.3 is 14.4 Å². The molecule has 0 spiro atoms. The molecule has 53 heavy (non-hydrogen) atoms. The summed E-state index contributed by atoms with van der Waals surface area (Å²) in [6.45, 7) is 4.67. The fraction of sp³-hybridized carbons (Fsp3) is 0.378. The Bertz CT molecular complexity index is 2080. The number of hydrogen-bond donors (Lipinski definition) is 1. The van der Waals surface area contributed by atoms with Crippen LogP contribution >= 0.6 is 0 Å². The molecule has 12 nitrogen and oxygen atoms in total. The number of fused-ring (bicyclic) bond motifs is 1. The maximum atomic E-state index is 14.4. The number of carbonyl (C=O) groups is 2. The molecule has 0 radical (unpaired) electrons. The van der Waals surface area contributed by atoms with Crippen LogP contribution in [0.25, 0.3) is 0 Å². The van der Waals surface area contributed by atoms with Crippen LogP contribution in [0.15, 0.2) is 77.8 Å². The lowest BCUT2D eigenvalue weighted by atomic mass is 9.99. The van der Waals surface area contributed by atoms with Gasteiger partial charge in [-0.3, -0.25) is 24.1 Å². The molecule has 3 heterocycles. The number of anilines is 1. The first-order valence-electron chi connectivity index (χ1n) is 17.1. The second-order valence-electron chi connectivity index (χ2n) is 13.0. The van der Waals surface area contributed by atoms with E-state index in [1.54, 1.807) is 30.3 Å². The molecule has 4 aromatic rings. The predicted octanol–water partition coefficient (Wildman–Crippen LogP) is 5.44. The SMILES string of the molecule is COc1ccc([C@@H](CCCNS(=O)(=O)c2cn(C)nc2C(F)(F)F)N2C(=O)c3cccc(N4CCN(C(C)c5ccccc5)CC4)c3C2=O)cc1OC. The number of rotatable bonds is 13. The molecule has 2 atom stereocenters. The van der Waals surface area contributed by atoms with Gasteiger partial charge in [-0.25, -0.2) is 13.1 Å². The molecule has 1 saturated heterocycles. The highest BCUT2D eigenvalue weighted by molar-refractivity contribution is 7.89. The van der Waals surface area contributed by atoms with Gasteiger partial charge in [0.25, 0.3) is 11.8 Å². The van der Waals surface area contributed by atoms with E-state index in [9.17, 15) is 31.2 Å². The lowest BCUT2D eigenvalue weighted by molar-refractivity contribution is -0.143. The number of methoxy groups -OCH3 is 2. The van der Waals surface area contributed by atoms with E-state index in [1.165, 1.54) is 31.7 Å². The standard InChI is InChI=1S/C37H41F3N6O6S/c1-24(25-10-6-5-7-11-25)44-18-20-45(21-19-44)29-13-8-12-27-33(29)36(48)46(35(27)47)28(26-15-16-30(51-3)31(22-26)52-4)14-9-17-41-53(49,50)32-23-43(2)42-34(32)37(38,39)40/h5-8,10-13,15-16,22-24,28,41H,9,14,17-21H2,1-4H3/t24?,28-/m1/s1. The molecule has 0 bridgehead atoms. The van der Waals surface area contributed by atoms with Gasteiger partial charge in [0.1, 0.15) is 4.90 Å². The molecule has 3 aromatic carbocycles. The topological polar surface area (TPSA) is 126 Å². The van der Waals surface area contributed by atoms with Gasteiger partial charge in [-0.1, -0.05) is 42.5 Å². The Balaban J connectivity index is 1.24. The maximum Gasteiger partial charge on any atom is 0.436 e. The summed E-state index contributed by atoms with van der Waals surface area (Å²) in [5, 5.41) is 3.29. The molecule has 2 amide bonds. The number of piperazine rings is 1. The smallest absolute Gasteiger partial charge is 0.436 e. The number of aryl methyl sites for hydroxylation is 1. The number of amides is 2. The normalized spacial score (nSPS) is 16.5. The highest BCUT2D eigenvalue weighted by Crippen LogP contribution is 2.41. The van der Waals surface area contributed by atoms with Gasteiger partial charge in [-0.05, 0) is 55.2 Å². The van der Waals surface area contributed by atoms with Crippen LogP contribution in [0.2, 0.25) is 0 Å². The van der Waals surface area contributed by atoms with E-state index < -0.39 is 44.6 Å². The first kappa shape index (κ1) is 37.8. The number of alkyl halides is 3. The molecule has 0 aliphatic carbocycles. The van der Waals surface area contributed by atoms with Crippen molar-refractivity contribution in [2.45, 2.75) is 42.9 Å². The number of hydrogen-bond acceptors (Lipinski definition) is 9. The van der Waals surface area contributed by atoms with Gasteiger partial charge in [0, 0.05) is 52.0 Å². The number of nitrogens with zero attached hydrogens (tertiary/aromatic N) is 5. The zero-order valence-corrected chi connectivity index (χ0v) is 30.6. The van der Waals surface area contributed by atoms with Crippen molar-refractivity contribution in [3.05, 3.63) is 101 Å². The minimum absolute atomic E-state index is 0.0572. The summed E-state index contributed by atoms with van der Waals surface area (Å²) in [7, 11) is -0.487. The fourth-order valence-electron chi connectivity index (χ4n) is 7.07. The Labute approximate surface area is 306 Å². The lowest BCUT2D eigenvalue weighted by Gasteiger charge is -2.39. The fourth-order valence-corrected chi connectivity index (χ4v) is 8.34. The zero-order chi connectivity index (χ0) is 38.1. The Morgan fingerprint density at radius 2 is 1.58 bits per heavy atom. The van der Waals surface area contributed by atoms with E-state index >= 15 is 0 Å². The van der Waals surface area contributed by atoms with E-state index in [0.29, 0.717) is 41.4 Å². The molecule has 1 N–H and O–H groups in total. The number of benzene rings is 3. The van der Waals surface area contributed by atoms with Crippen molar-refractivity contribution in [1.82, 2.24) is 24.3 Å². The number of carbonyl (C=O) groups excluding carboxylic acids is 2. The minimum atomic E-state index is -4.98. The molecule has 282 valence electrons. The molecule has 2 aliphatic rings. The molecular formula is C37H41F3N6O6S. The van der Waals surface area contributed by atoms with Crippen LogP contribution < -0.4 is 19.1 Å². The molecule has 6 rings (SSSR count). The predicted molar refractivity (Wildman–Crippen MR) is 191 cm³/mol. The number of imide groups is 1. The van der Waals surface area contributed by atoms with Crippen LogP contribution in [0, 0.1) is 0 Å². The van der Waals surface area contributed by atoms with Crippen molar-refractivity contribution in [2.24, 2.45) is 7.05 Å². The Morgan fingerprint density at radius 3 is 2.25 bits per heavy atom. The Morgan fingerprint density at radius 1 is 0.887 bits per heavy atom. The first-order chi connectivity index (χ1) is 25.2. The van der Waals surface area contributed by atoms with Crippen LogP contribution in [0.3, 0.4) is 0 Å². The van der Waals surface area contributed by atoms with Crippen LogP contribution in [-0.4, -0.2) is 86.8 Å². The van der Waals surface area contributed by atoms with Crippen molar-refractivity contribution < 1.29 is 40.7 Å². The number of ether oxygens (including phenoxy) is 2. The first-order valence-corrected chi connectivity index (χ1v) is 18.6. The maximum absolute atomic E-state index is 14.4. The summed E-state index contributed by atoms with van der Waals surface area (Å²) in [5.74, 6) is -0.225. The molecule has 1 fully saturated rings. The van der Waals surface area contributed by atoms with Crippen molar-refractivity contribution >= 4 is 27.5 Å². The zero-order valence-electron chi connectivity index (χ0n) is 29.8. The van der Waals surface area contributed by atoms with Crippen molar-refractivity contribution in [1.29, 1.82) is 0 Å². The van der Waals surface area contributed by atoms with Gasteiger partial charge in [0.05, 0.1) is 37.1 Å². The second-order valence-corrected chi connectivity index (χ2v) is 14.7. The van der Waals surface area contributed by atoms with Gasteiger partial charge in [0.2, 0.25) is 10.0 Å². The molecule has 1 aromatic heterocycles. The van der Waals surface area contributed by atoms with Crippen LogP contribution in [0.5, 0.6) is 11.5 Å². The van der Waals surface area contributed by atoms with E-state index in [-0.39, 0.29) is 31.0 Å². The van der Waals surface area contributed by atoms with E-state index in [1.807, 2.05) is 24.3 Å². The van der Waals surface area contributed by atoms with Crippen LogP contribution in [0.4, 0.5) is 18.9 Å². The summed E-state index contributed by atoms with van der Waals surface area (Å²) in [6.07, 6.45) is -4.06. The van der Waals surface area contributed by atoms with Crippen molar-refractivity contribution in [3.8, 4) is 11.5 Å². The van der Waals surface area contributed by atoms with Gasteiger partial charge >= 0.3 is 6.18 Å². The molecule has 16 heteroatoms. The lowest BCUT2D eigenvalue weighted by Crippen LogP contribution is -2.47. The third-order valence-corrected chi connectivity index (χ3v) is 11.3. The van der Waals surface area contributed by atoms with Crippen LogP contribution in [-0.2, 0) is 23.2 Å². The molecule has 2 aliphatic heterocycles. The third kappa shape index (κ3) is 7.61. The number of halogens is 3. The Kier molecular flexibility index (Phi) is 10.8. The summed E-state index contributed by atoms with van der Waals surface area (Å²) in [4.78, 5) is 33.2. The average molecular weight is 755 g/mol. The Hall–Kier alpha value is -4.93. The summed E-state index contributed by atoms with van der Waals surface area (Å²) in [6, 6.07) is 19.8. The average Bonchev–Trinajstić information content (AvgIpc) is 3.69. The van der Waals surface area contributed by atoms with E-state index in [4.69, 9.17) is 9.47 Å². The highest BCUT2D eigenvalue weighted by atomic mass is 32.2. The van der Waals surface area contributed by atoms with Gasteiger partial charge in [0.15, 0.2) is 17.2 Å². The van der Waals surface area contributed by atoms with Gasteiger partial charge in [-0.2, -0.15) is 18.3 Å². The summed E-state index contributed by atoms with van der Waals surface area (Å²) < 4.78 is 80.5. The van der Waals surface area contributed by atoms with Gasteiger partial charge in [-0.15, -0.1) is 0 Å². The number of aromatic nitrogens is 2. The summed E-state index contributed by atoms with van der Waals surface area (Å²) in [5.41, 5.74) is 1.43. The second kappa shape index (κ2) is 15.2. The molecule has 1 unspecified atom stereocenters. The third-order valence-electron chi connectivity index (χ3n) is 9.81. The van der Waals surface area contributed by atoms with Crippen molar-refractivity contribution in [2.75, 3.05) is 51.8 Å². The largest absolute Gasteiger partial charge is 0.493 e. The number of sulfonamides is 1. The van der Waals surface area contributed by atoms with E-state index in [0.717, 1.165) is 24.0 Å². The molecule has 0 saturated carbocycles. The minimum Gasteiger partial charge on any atom is -0.493 e. The quantitative estimate of drug-likeness (QED) is 0.140. The highest BCUT2D eigenvalue weighted by Gasteiger charge is 2.44. The van der Waals surface area contributed by atoms with E-state index in [2.05, 4.69) is 38.7 Å². The number of nitrogens with one attached hydrogen (secondary N) is 1. The molecular weight excluding hydrogens is 714 g/mol.